The molecule has 0 aliphatic heterocycles. The molecular weight excluding hydrogens is 294 g/mol. The summed E-state index contributed by atoms with van der Waals surface area (Å²) in [7, 11) is 0. The molecule has 0 unspecified atom stereocenters. The first-order chi connectivity index (χ1) is 11.1. The molecule has 0 aliphatic rings. The van der Waals surface area contributed by atoms with E-state index in [1.165, 1.54) is 0 Å². The summed E-state index contributed by atoms with van der Waals surface area (Å²) in [4.78, 5) is 28.2. The van der Waals surface area contributed by atoms with E-state index in [2.05, 4.69) is 4.98 Å². The second-order valence-corrected chi connectivity index (χ2v) is 5.07. The zero-order valence-corrected chi connectivity index (χ0v) is 12.8. The van der Waals surface area contributed by atoms with Gasteiger partial charge in [-0.3, -0.25) is 0 Å². The molecule has 0 N–H and O–H groups in total. The summed E-state index contributed by atoms with van der Waals surface area (Å²) in [5, 5.41) is 0.441. The summed E-state index contributed by atoms with van der Waals surface area (Å²) in [6.07, 6.45) is 0. The van der Waals surface area contributed by atoms with Gasteiger partial charge in [-0.05, 0) is 49.7 Å². The molecule has 0 aliphatic carbocycles. The van der Waals surface area contributed by atoms with Gasteiger partial charge in [0.15, 0.2) is 0 Å². The lowest BCUT2D eigenvalue weighted by Gasteiger charge is -2.07. The fourth-order valence-electron chi connectivity index (χ4n) is 2.38. The van der Waals surface area contributed by atoms with Crippen molar-refractivity contribution in [2.75, 3.05) is 6.61 Å². The highest BCUT2D eigenvalue weighted by molar-refractivity contribution is 5.91. The monoisotopic (exact) mass is 309 g/mol. The molecule has 3 rings (SSSR count). The number of para-hydroxylation sites is 1. The Labute approximate surface area is 132 Å². The maximum absolute atomic E-state index is 12.0. The van der Waals surface area contributed by atoms with Crippen molar-refractivity contribution in [3.05, 3.63) is 64.0 Å². The van der Waals surface area contributed by atoms with E-state index in [1.54, 1.807) is 50.2 Å². The second kappa shape index (κ2) is 6.04. The molecule has 5 nitrogen and oxygen atoms in total. The molecule has 0 saturated carbocycles. The highest BCUT2D eigenvalue weighted by Gasteiger charge is 2.13. The first-order valence-corrected chi connectivity index (χ1v) is 7.28. The molecule has 0 spiro atoms. The Balaban J connectivity index is 2.07. The summed E-state index contributed by atoms with van der Waals surface area (Å²) in [5.74, 6) is -0.142. The van der Waals surface area contributed by atoms with Crippen molar-refractivity contribution in [3.63, 3.8) is 0 Å². The Morgan fingerprint density at radius 3 is 2.74 bits per heavy atom. The molecule has 0 saturated heterocycles. The molecule has 1 aromatic heterocycles. The van der Waals surface area contributed by atoms with E-state index in [9.17, 15) is 9.59 Å². The SMILES string of the molecule is CCOC(=O)c1ccc(-c2nc3ccccc3c(=O)o2)cc1C. The van der Waals surface area contributed by atoms with Crippen LogP contribution in [0.15, 0.2) is 51.7 Å². The quantitative estimate of drug-likeness (QED) is 0.694. The molecule has 0 fully saturated rings. The topological polar surface area (TPSA) is 69.4 Å². The van der Waals surface area contributed by atoms with Gasteiger partial charge in [-0.15, -0.1) is 0 Å². The van der Waals surface area contributed by atoms with Gasteiger partial charge in [0, 0.05) is 5.56 Å². The zero-order valence-electron chi connectivity index (χ0n) is 12.8. The summed E-state index contributed by atoms with van der Waals surface area (Å²) < 4.78 is 10.3. The van der Waals surface area contributed by atoms with Crippen LogP contribution in [0.2, 0.25) is 0 Å². The van der Waals surface area contributed by atoms with Crippen molar-refractivity contribution in [1.29, 1.82) is 0 Å². The van der Waals surface area contributed by atoms with Crippen molar-refractivity contribution < 1.29 is 13.9 Å². The maximum atomic E-state index is 12.0. The number of carbonyl (C=O) groups is 1. The maximum Gasteiger partial charge on any atom is 0.347 e. The van der Waals surface area contributed by atoms with Crippen molar-refractivity contribution in [3.8, 4) is 11.5 Å². The molecule has 116 valence electrons. The summed E-state index contributed by atoms with van der Waals surface area (Å²) in [6, 6.07) is 12.1. The lowest BCUT2D eigenvalue weighted by Crippen LogP contribution is -2.07. The fourth-order valence-corrected chi connectivity index (χ4v) is 2.38. The standard InChI is InChI=1S/C18H15NO4/c1-3-22-17(20)13-9-8-12(10-11(13)2)16-19-15-7-5-4-6-14(15)18(21)23-16/h4-10H,3H2,1-2H3. The zero-order chi connectivity index (χ0) is 16.4. The van der Waals surface area contributed by atoms with Crippen LogP contribution in [0.25, 0.3) is 22.4 Å². The molecule has 0 bridgehead atoms. The van der Waals surface area contributed by atoms with Gasteiger partial charge in [0.25, 0.3) is 0 Å². The number of aromatic nitrogens is 1. The first kappa shape index (κ1) is 15.0. The van der Waals surface area contributed by atoms with Gasteiger partial charge in [-0.1, -0.05) is 12.1 Å². The van der Waals surface area contributed by atoms with E-state index >= 15 is 0 Å². The molecule has 23 heavy (non-hydrogen) atoms. The van der Waals surface area contributed by atoms with E-state index in [1.807, 2.05) is 6.07 Å². The van der Waals surface area contributed by atoms with Crippen molar-refractivity contribution in [2.24, 2.45) is 0 Å². The van der Waals surface area contributed by atoms with Gasteiger partial charge < -0.3 is 9.15 Å². The Hall–Kier alpha value is -2.95. The van der Waals surface area contributed by atoms with Crippen molar-refractivity contribution >= 4 is 16.9 Å². The fraction of sp³-hybridized carbons (Fsp3) is 0.167. The van der Waals surface area contributed by atoms with Crippen LogP contribution in [-0.4, -0.2) is 17.6 Å². The van der Waals surface area contributed by atoms with Crippen LogP contribution >= 0.6 is 0 Å². The van der Waals surface area contributed by atoms with Gasteiger partial charge in [0.2, 0.25) is 5.89 Å². The summed E-state index contributed by atoms with van der Waals surface area (Å²) in [5.41, 5.74) is 2.00. The molecule has 0 amide bonds. The molecule has 3 aromatic rings. The third-order valence-electron chi connectivity index (χ3n) is 3.50. The van der Waals surface area contributed by atoms with Crippen molar-refractivity contribution in [1.82, 2.24) is 4.98 Å². The third-order valence-corrected chi connectivity index (χ3v) is 3.50. The molecule has 5 heteroatoms. The van der Waals surface area contributed by atoms with Crippen molar-refractivity contribution in [2.45, 2.75) is 13.8 Å². The van der Waals surface area contributed by atoms with Gasteiger partial charge in [-0.25, -0.2) is 14.6 Å². The minimum absolute atomic E-state index is 0.229. The molecule has 0 radical (unpaired) electrons. The highest BCUT2D eigenvalue weighted by atomic mass is 16.5. The Kier molecular flexibility index (Phi) is 3.93. The molecule has 1 heterocycles. The molecular formula is C18H15NO4. The minimum atomic E-state index is -0.433. The van der Waals surface area contributed by atoms with Gasteiger partial charge in [0.05, 0.1) is 23.1 Å². The van der Waals surface area contributed by atoms with Crippen LogP contribution < -0.4 is 5.63 Å². The summed E-state index contributed by atoms with van der Waals surface area (Å²) >= 11 is 0. The van der Waals surface area contributed by atoms with E-state index in [0.717, 1.165) is 5.56 Å². The van der Waals surface area contributed by atoms with Gasteiger partial charge >= 0.3 is 11.6 Å². The number of benzene rings is 2. The average molecular weight is 309 g/mol. The largest absolute Gasteiger partial charge is 0.462 e. The predicted molar refractivity (Wildman–Crippen MR) is 86.4 cm³/mol. The number of rotatable bonds is 3. The van der Waals surface area contributed by atoms with E-state index in [4.69, 9.17) is 9.15 Å². The van der Waals surface area contributed by atoms with Gasteiger partial charge in [0.1, 0.15) is 0 Å². The number of carbonyl (C=O) groups excluding carboxylic acids is 1. The van der Waals surface area contributed by atoms with E-state index in [-0.39, 0.29) is 11.9 Å². The van der Waals surface area contributed by atoms with Crippen LogP contribution in [0.3, 0.4) is 0 Å². The van der Waals surface area contributed by atoms with E-state index in [0.29, 0.717) is 28.6 Å². The lowest BCUT2D eigenvalue weighted by atomic mass is 10.0. The molecule has 0 atom stereocenters. The van der Waals surface area contributed by atoms with Crippen LogP contribution in [0.5, 0.6) is 0 Å². The number of hydrogen-bond acceptors (Lipinski definition) is 5. The normalized spacial score (nSPS) is 10.7. The number of ether oxygens (including phenoxy) is 1. The Bertz CT molecular complexity index is 943. The summed E-state index contributed by atoms with van der Waals surface area (Å²) in [6.45, 7) is 3.88. The first-order valence-electron chi connectivity index (χ1n) is 7.28. The van der Waals surface area contributed by atoms with Crippen LogP contribution in [0, 0.1) is 6.92 Å². The molecule has 2 aromatic carbocycles. The third kappa shape index (κ3) is 2.85. The number of aryl methyl sites for hydroxylation is 1. The van der Waals surface area contributed by atoms with E-state index < -0.39 is 5.63 Å². The Morgan fingerprint density at radius 1 is 1.22 bits per heavy atom. The van der Waals surface area contributed by atoms with Gasteiger partial charge in [-0.2, -0.15) is 0 Å². The highest BCUT2D eigenvalue weighted by Crippen LogP contribution is 2.22. The smallest absolute Gasteiger partial charge is 0.347 e. The Morgan fingerprint density at radius 2 is 2.00 bits per heavy atom. The minimum Gasteiger partial charge on any atom is -0.462 e. The van der Waals surface area contributed by atoms with Crippen LogP contribution in [0.4, 0.5) is 0 Å². The number of nitrogens with zero attached hydrogens (tertiary/aromatic N) is 1. The number of fused-ring (bicyclic) bond motifs is 1. The second-order valence-electron chi connectivity index (χ2n) is 5.07. The lowest BCUT2D eigenvalue weighted by molar-refractivity contribution is 0.0525. The van der Waals surface area contributed by atoms with Crippen LogP contribution in [0.1, 0.15) is 22.8 Å². The number of hydrogen-bond donors (Lipinski definition) is 0. The average Bonchev–Trinajstić information content (AvgIpc) is 2.55. The van der Waals surface area contributed by atoms with Crippen LogP contribution in [-0.2, 0) is 4.74 Å². The predicted octanol–water partition coefficient (Wildman–Crippen LogP) is 3.34. The number of esters is 1.